The molecule has 2 aromatic heterocycles. The maximum Gasteiger partial charge on any atom is 0.241 e. The van der Waals surface area contributed by atoms with Gasteiger partial charge in [-0.15, -0.1) is 0 Å². The molecule has 0 saturated carbocycles. The molecule has 0 amide bonds. The van der Waals surface area contributed by atoms with Crippen molar-refractivity contribution in [3.63, 3.8) is 0 Å². The van der Waals surface area contributed by atoms with E-state index in [0.29, 0.717) is 0 Å². The molecule has 0 radical (unpaired) electrons. The van der Waals surface area contributed by atoms with Crippen LogP contribution < -0.4 is 10.5 Å². The number of rotatable bonds is 4. The minimum absolute atomic E-state index is 0.122. The van der Waals surface area contributed by atoms with Gasteiger partial charge in [0.25, 0.3) is 0 Å². The zero-order chi connectivity index (χ0) is 13.2. The van der Waals surface area contributed by atoms with Crippen molar-refractivity contribution in [3.8, 4) is 0 Å². The molecule has 0 saturated heterocycles. The Hall–Kier alpha value is -1.44. The molecule has 3 N–H and O–H groups in total. The molecule has 0 fully saturated rings. The Morgan fingerprint density at radius 2 is 2.22 bits per heavy atom. The summed E-state index contributed by atoms with van der Waals surface area (Å²) in [6, 6.07) is 4.36. The van der Waals surface area contributed by atoms with E-state index in [1.54, 1.807) is 6.92 Å². The third-order valence-electron chi connectivity index (χ3n) is 2.44. The molecular formula is C11H13N3O2S2. The van der Waals surface area contributed by atoms with Gasteiger partial charge in [0.2, 0.25) is 10.0 Å². The number of nitrogens with two attached hydrogens (primary N) is 1. The van der Waals surface area contributed by atoms with Gasteiger partial charge in [-0.2, -0.15) is 11.3 Å². The minimum atomic E-state index is -3.57. The standard InChI is InChI=1S/C11H13N3O2S2/c1-8(9-3-5-17-7-9)14-18(15,16)10-2-4-13-11(12)6-10/h2-8,14H,1H3,(H2,12,13). The van der Waals surface area contributed by atoms with Crippen LogP contribution in [-0.4, -0.2) is 13.4 Å². The van der Waals surface area contributed by atoms with E-state index in [4.69, 9.17) is 5.73 Å². The molecule has 96 valence electrons. The molecule has 2 heterocycles. The molecule has 18 heavy (non-hydrogen) atoms. The quantitative estimate of drug-likeness (QED) is 0.895. The van der Waals surface area contributed by atoms with Crippen molar-refractivity contribution in [2.45, 2.75) is 17.9 Å². The Morgan fingerprint density at radius 3 is 2.83 bits per heavy atom. The highest BCUT2D eigenvalue weighted by Crippen LogP contribution is 2.19. The summed E-state index contributed by atoms with van der Waals surface area (Å²) in [5.74, 6) is 0.182. The van der Waals surface area contributed by atoms with Gasteiger partial charge < -0.3 is 5.73 Å². The van der Waals surface area contributed by atoms with Gasteiger partial charge in [-0.25, -0.2) is 18.1 Å². The average Bonchev–Trinajstić information content (AvgIpc) is 2.82. The van der Waals surface area contributed by atoms with E-state index < -0.39 is 10.0 Å². The summed E-state index contributed by atoms with van der Waals surface area (Å²) in [5, 5.41) is 3.82. The first kappa shape index (κ1) is 13.0. The number of nitrogens with one attached hydrogen (secondary N) is 1. The average molecular weight is 283 g/mol. The van der Waals surface area contributed by atoms with Crippen molar-refractivity contribution < 1.29 is 8.42 Å². The monoisotopic (exact) mass is 283 g/mol. The third-order valence-corrected chi connectivity index (χ3v) is 4.68. The number of thiophene rings is 1. The van der Waals surface area contributed by atoms with Crippen LogP contribution in [0.1, 0.15) is 18.5 Å². The summed E-state index contributed by atoms with van der Waals surface area (Å²) in [5.41, 5.74) is 6.41. The van der Waals surface area contributed by atoms with E-state index in [-0.39, 0.29) is 16.8 Å². The van der Waals surface area contributed by atoms with Gasteiger partial charge >= 0.3 is 0 Å². The first-order chi connectivity index (χ1) is 8.49. The predicted molar refractivity (Wildman–Crippen MR) is 71.7 cm³/mol. The summed E-state index contributed by atoms with van der Waals surface area (Å²) in [4.78, 5) is 3.89. The van der Waals surface area contributed by atoms with Crippen molar-refractivity contribution in [2.24, 2.45) is 0 Å². The van der Waals surface area contributed by atoms with E-state index in [1.807, 2.05) is 16.8 Å². The number of hydrogen-bond acceptors (Lipinski definition) is 5. The molecule has 0 bridgehead atoms. The van der Waals surface area contributed by atoms with E-state index >= 15 is 0 Å². The minimum Gasteiger partial charge on any atom is -0.384 e. The van der Waals surface area contributed by atoms with E-state index in [9.17, 15) is 8.42 Å². The highest BCUT2D eigenvalue weighted by Gasteiger charge is 2.18. The molecule has 5 nitrogen and oxygen atoms in total. The Balaban J connectivity index is 2.22. The van der Waals surface area contributed by atoms with Crippen molar-refractivity contribution in [1.82, 2.24) is 9.71 Å². The lowest BCUT2D eigenvalue weighted by molar-refractivity contribution is 0.567. The molecule has 2 aromatic rings. The van der Waals surface area contributed by atoms with Crippen LogP contribution in [0.15, 0.2) is 40.1 Å². The third kappa shape index (κ3) is 2.87. The number of nitrogens with zero attached hydrogens (tertiary/aromatic N) is 1. The molecular weight excluding hydrogens is 270 g/mol. The smallest absolute Gasteiger partial charge is 0.241 e. The summed E-state index contributed by atoms with van der Waals surface area (Å²) in [6.45, 7) is 1.80. The van der Waals surface area contributed by atoms with Crippen LogP contribution >= 0.6 is 11.3 Å². The van der Waals surface area contributed by atoms with Gasteiger partial charge in [-0.05, 0) is 35.4 Å². The van der Waals surface area contributed by atoms with Crippen molar-refractivity contribution in [3.05, 3.63) is 40.7 Å². The Labute approximate surface area is 110 Å². The van der Waals surface area contributed by atoms with Crippen LogP contribution in [0.2, 0.25) is 0 Å². The lowest BCUT2D eigenvalue weighted by Gasteiger charge is -2.13. The van der Waals surface area contributed by atoms with Gasteiger partial charge in [0.1, 0.15) is 5.82 Å². The van der Waals surface area contributed by atoms with Gasteiger partial charge in [0, 0.05) is 18.3 Å². The van der Waals surface area contributed by atoms with E-state index in [2.05, 4.69) is 9.71 Å². The van der Waals surface area contributed by atoms with E-state index in [1.165, 1.54) is 29.7 Å². The lowest BCUT2D eigenvalue weighted by atomic mass is 10.2. The maximum atomic E-state index is 12.1. The zero-order valence-corrected chi connectivity index (χ0v) is 11.3. The fraction of sp³-hybridized carbons (Fsp3) is 0.182. The van der Waals surface area contributed by atoms with Crippen molar-refractivity contribution in [1.29, 1.82) is 0 Å². The van der Waals surface area contributed by atoms with Crippen molar-refractivity contribution in [2.75, 3.05) is 5.73 Å². The highest BCUT2D eigenvalue weighted by atomic mass is 32.2. The van der Waals surface area contributed by atoms with Crippen LogP contribution in [-0.2, 0) is 10.0 Å². The number of hydrogen-bond donors (Lipinski definition) is 2. The fourth-order valence-electron chi connectivity index (χ4n) is 1.49. The molecule has 0 aliphatic heterocycles. The van der Waals surface area contributed by atoms with Crippen LogP contribution in [0.5, 0.6) is 0 Å². The second-order valence-corrected chi connectivity index (χ2v) is 6.31. The fourth-order valence-corrected chi connectivity index (χ4v) is 3.49. The van der Waals surface area contributed by atoms with E-state index in [0.717, 1.165) is 5.56 Å². The van der Waals surface area contributed by atoms with Crippen LogP contribution in [0.4, 0.5) is 5.82 Å². The molecule has 2 rings (SSSR count). The number of aromatic nitrogens is 1. The number of pyridine rings is 1. The van der Waals surface area contributed by atoms with Crippen molar-refractivity contribution >= 4 is 27.2 Å². The molecule has 0 spiro atoms. The second-order valence-electron chi connectivity index (χ2n) is 3.82. The summed E-state index contributed by atoms with van der Waals surface area (Å²) in [6.07, 6.45) is 1.37. The largest absolute Gasteiger partial charge is 0.384 e. The van der Waals surface area contributed by atoms with Crippen LogP contribution in [0.3, 0.4) is 0 Å². The molecule has 7 heteroatoms. The van der Waals surface area contributed by atoms with Crippen LogP contribution in [0, 0.1) is 0 Å². The summed E-state index contributed by atoms with van der Waals surface area (Å²) < 4.78 is 26.8. The Kier molecular flexibility index (Phi) is 3.65. The predicted octanol–water partition coefficient (Wildman–Crippen LogP) is 1.76. The molecule has 0 aliphatic carbocycles. The second kappa shape index (κ2) is 5.05. The summed E-state index contributed by atoms with van der Waals surface area (Å²) >= 11 is 1.53. The summed E-state index contributed by atoms with van der Waals surface area (Å²) in [7, 11) is -3.57. The molecule has 0 aliphatic rings. The Bertz CT molecular complexity index is 623. The van der Waals surface area contributed by atoms with Gasteiger partial charge in [0.05, 0.1) is 4.90 Å². The van der Waals surface area contributed by atoms with Gasteiger partial charge in [-0.3, -0.25) is 0 Å². The normalized spacial score (nSPS) is 13.4. The maximum absolute atomic E-state index is 12.1. The van der Waals surface area contributed by atoms with Gasteiger partial charge in [-0.1, -0.05) is 0 Å². The number of nitrogen functional groups attached to an aromatic ring is 1. The first-order valence-corrected chi connectivity index (χ1v) is 7.67. The van der Waals surface area contributed by atoms with Gasteiger partial charge in [0.15, 0.2) is 0 Å². The first-order valence-electron chi connectivity index (χ1n) is 5.25. The number of sulfonamides is 1. The lowest BCUT2D eigenvalue weighted by Crippen LogP contribution is -2.26. The zero-order valence-electron chi connectivity index (χ0n) is 9.70. The van der Waals surface area contributed by atoms with Crippen LogP contribution in [0.25, 0.3) is 0 Å². The molecule has 0 aromatic carbocycles. The Morgan fingerprint density at radius 1 is 1.44 bits per heavy atom. The SMILES string of the molecule is CC(NS(=O)(=O)c1ccnc(N)c1)c1ccsc1. The highest BCUT2D eigenvalue weighted by molar-refractivity contribution is 7.89. The molecule has 1 atom stereocenters. The number of anilines is 1. The topological polar surface area (TPSA) is 85.1 Å². The molecule has 1 unspecified atom stereocenters.